The number of benzene rings is 1. The van der Waals surface area contributed by atoms with E-state index in [-0.39, 0.29) is 0 Å². The number of hydrogen-bond acceptors (Lipinski definition) is 2. The monoisotopic (exact) mass is 290 g/mol. The molecule has 0 saturated carbocycles. The number of fused-ring (bicyclic) bond motifs is 1. The Balaban J connectivity index is 2.06. The molecule has 1 aliphatic rings. The molecule has 0 aliphatic carbocycles. The van der Waals surface area contributed by atoms with Gasteiger partial charge in [0.15, 0.2) is 0 Å². The van der Waals surface area contributed by atoms with Gasteiger partial charge in [0.2, 0.25) is 0 Å². The van der Waals surface area contributed by atoms with Gasteiger partial charge in [0.25, 0.3) is 0 Å². The second-order valence-corrected chi connectivity index (χ2v) is 6.44. The Labute approximate surface area is 110 Å². The first-order valence-electron chi connectivity index (χ1n) is 5.84. The molecule has 0 N–H and O–H groups in total. The first-order chi connectivity index (χ1) is 8.05. The number of hydrogen-bond donors (Lipinski definition) is 0. The maximum absolute atomic E-state index is 4.54. The van der Waals surface area contributed by atoms with Crippen molar-refractivity contribution in [2.45, 2.75) is 13.8 Å². The van der Waals surface area contributed by atoms with E-state index in [1.54, 1.807) is 0 Å². The molecule has 2 aromatic rings. The molecule has 0 radical (unpaired) electrons. The Morgan fingerprint density at radius 2 is 2.06 bits per heavy atom. The molecule has 0 unspecified atom stereocenters. The molecule has 3 rings (SSSR count). The minimum Gasteiger partial charge on any atom is -0.369 e. The Hall–Kier alpha value is -1.09. The Morgan fingerprint density at radius 1 is 1.29 bits per heavy atom. The van der Waals surface area contributed by atoms with Gasteiger partial charge < -0.3 is 4.90 Å². The summed E-state index contributed by atoms with van der Waals surface area (Å²) >= 11 is 3.47. The van der Waals surface area contributed by atoms with Crippen LogP contribution in [0.2, 0.25) is 0 Å². The standard InChI is InChI=1S/C14H15BrN2/c1-14(2)8-17(9-14)12-5-3-4-10-6-11(15)7-16-13(10)12/h3-7H,8-9H2,1-2H3. The molecule has 2 heterocycles. The van der Waals surface area contributed by atoms with Crippen LogP contribution in [0.4, 0.5) is 5.69 Å². The van der Waals surface area contributed by atoms with Crippen molar-refractivity contribution in [1.82, 2.24) is 4.98 Å². The predicted octanol–water partition coefficient (Wildman–Crippen LogP) is 3.84. The minimum atomic E-state index is 0.442. The molecule has 3 heteroatoms. The Morgan fingerprint density at radius 3 is 2.76 bits per heavy atom. The van der Waals surface area contributed by atoms with Gasteiger partial charge in [-0.2, -0.15) is 0 Å². The van der Waals surface area contributed by atoms with Crippen LogP contribution in [0.15, 0.2) is 34.9 Å². The van der Waals surface area contributed by atoms with Crippen molar-refractivity contribution in [3.05, 3.63) is 34.9 Å². The lowest BCUT2D eigenvalue weighted by Gasteiger charge is -2.47. The highest BCUT2D eigenvalue weighted by molar-refractivity contribution is 9.10. The van der Waals surface area contributed by atoms with Crippen molar-refractivity contribution in [3.63, 3.8) is 0 Å². The lowest BCUT2D eigenvalue weighted by atomic mass is 9.84. The lowest BCUT2D eigenvalue weighted by molar-refractivity contribution is 0.277. The van der Waals surface area contributed by atoms with Crippen LogP contribution in [0.5, 0.6) is 0 Å². The molecule has 17 heavy (non-hydrogen) atoms. The van der Waals surface area contributed by atoms with Gasteiger partial charge in [-0.25, -0.2) is 0 Å². The quantitative estimate of drug-likeness (QED) is 0.793. The molecule has 0 spiro atoms. The highest BCUT2D eigenvalue weighted by Crippen LogP contribution is 2.36. The van der Waals surface area contributed by atoms with Gasteiger partial charge >= 0.3 is 0 Å². The summed E-state index contributed by atoms with van der Waals surface area (Å²) in [6.45, 7) is 6.84. The van der Waals surface area contributed by atoms with Crippen molar-refractivity contribution in [2.24, 2.45) is 5.41 Å². The molecule has 1 aromatic carbocycles. The number of pyridine rings is 1. The van der Waals surface area contributed by atoms with Crippen molar-refractivity contribution in [2.75, 3.05) is 18.0 Å². The smallest absolute Gasteiger partial charge is 0.0936 e. The van der Waals surface area contributed by atoms with Crippen LogP contribution >= 0.6 is 15.9 Å². The molecule has 1 aliphatic heterocycles. The third kappa shape index (κ3) is 1.93. The van der Waals surface area contributed by atoms with Crippen LogP contribution in [-0.2, 0) is 0 Å². The number of anilines is 1. The summed E-state index contributed by atoms with van der Waals surface area (Å²) in [4.78, 5) is 6.95. The number of aromatic nitrogens is 1. The van der Waals surface area contributed by atoms with E-state index < -0.39 is 0 Å². The number of para-hydroxylation sites is 1. The van der Waals surface area contributed by atoms with E-state index >= 15 is 0 Å². The van der Waals surface area contributed by atoms with Crippen LogP contribution in [0, 0.1) is 5.41 Å². The molecule has 2 nitrogen and oxygen atoms in total. The van der Waals surface area contributed by atoms with Gasteiger partial charge in [-0.15, -0.1) is 0 Å². The molecule has 88 valence electrons. The van der Waals surface area contributed by atoms with Gasteiger partial charge in [0.1, 0.15) is 0 Å². The van der Waals surface area contributed by atoms with Gasteiger partial charge in [-0.1, -0.05) is 26.0 Å². The summed E-state index contributed by atoms with van der Waals surface area (Å²) in [5.74, 6) is 0. The maximum atomic E-state index is 4.54. The molecular weight excluding hydrogens is 276 g/mol. The average Bonchev–Trinajstić information content (AvgIpc) is 2.24. The summed E-state index contributed by atoms with van der Waals surface area (Å²) in [5.41, 5.74) is 2.80. The minimum absolute atomic E-state index is 0.442. The highest BCUT2D eigenvalue weighted by Gasteiger charge is 2.34. The fraction of sp³-hybridized carbons (Fsp3) is 0.357. The first-order valence-corrected chi connectivity index (χ1v) is 6.64. The normalized spacial score (nSPS) is 18.2. The first kappa shape index (κ1) is 11.0. The second-order valence-electron chi connectivity index (χ2n) is 5.52. The van der Waals surface area contributed by atoms with E-state index in [1.165, 1.54) is 11.1 Å². The Kier molecular flexibility index (Phi) is 2.40. The summed E-state index contributed by atoms with van der Waals surface area (Å²) in [5, 5.41) is 1.20. The third-order valence-corrected chi connectivity index (χ3v) is 3.67. The molecule has 1 saturated heterocycles. The topological polar surface area (TPSA) is 16.1 Å². The number of nitrogens with zero attached hydrogens (tertiary/aromatic N) is 2. The summed E-state index contributed by atoms with van der Waals surface area (Å²) < 4.78 is 1.03. The molecule has 0 amide bonds. The molecular formula is C14H15BrN2. The van der Waals surface area contributed by atoms with Crippen molar-refractivity contribution < 1.29 is 0 Å². The number of halogens is 1. The summed E-state index contributed by atoms with van der Waals surface area (Å²) in [6.07, 6.45) is 1.87. The lowest BCUT2D eigenvalue weighted by Crippen LogP contribution is -2.53. The largest absolute Gasteiger partial charge is 0.369 e. The zero-order valence-electron chi connectivity index (χ0n) is 10.1. The van der Waals surface area contributed by atoms with E-state index in [9.17, 15) is 0 Å². The van der Waals surface area contributed by atoms with E-state index in [0.29, 0.717) is 5.41 Å². The van der Waals surface area contributed by atoms with Gasteiger partial charge in [0, 0.05) is 29.1 Å². The molecule has 1 fully saturated rings. The van der Waals surface area contributed by atoms with Crippen molar-refractivity contribution in [3.8, 4) is 0 Å². The fourth-order valence-electron chi connectivity index (χ4n) is 2.53. The molecule has 1 aromatic heterocycles. The van der Waals surface area contributed by atoms with Crippen LogP contribution in [-0.4, -0.2) is 18.1 Å². The van der Waals surface area contributed by atoms with Gasteiger partial charge in [-0.05, 0) is 33.5 Å². The highest BCUT2D eigenvalue weighted by atomic mass is 79.9. The zero-order chi connectivity index (χ0) is 12.0. The van der Waals surface area contributed by atoms with E-state index in [2.05, 4.69) is 63.9 Å². The molecule has 0 bridgehead atoms. The Bertz CT molecular complexity index is 569. The van der Waals surface area contributed by atoms with Crippen LogP contribution in [0.25, 0.3) is 10.9 Å². The fourth-order valence-corrected chi connectivity index (χ4v) is 2.88. The van der Waals surface area contributed by atoms with Gasteiger partial charge in [-0.3, -0.25) is 4.98 Å². The van der Waals surface area contributed by atoms with Crippen LogP contribution < -0.4 is 4.90 Å². The van der Waals surface area contributed by atoms with Crippen LogP contribution in [0.3, 0.4) is 0 Å². The third-order valence-electron chi connectivity index (χ3n) is 3.23. The molecule has 0 atom stereocenters. The van der Waals surface area contributed by atoms with E-state index in [1.807, 2.05) is 6.20 Å². The predicted molar refractivity (Wildman–Crippen MR) is 75.4 cm³/mol. The summed E-state index contributed by atoms with van der Waals surface area (Å²) in [6, 6.07) is 8.51. The zero-order valence-corrected chi connectivity index (χ0v) is 11.7. The summed E-state index contributed by atoms with van der Waals surface area (Å²) in [7, 11) is 0. The van der Waals surface area contributed by atoms with E-state index in [0.717, 1.165) is 23.1 Å². The van der Waals surface area contributed by atoms with Crippen molar-refractivity contribution >= 4 is 32.5 Å². The SMILES string of the molecule is CC1(C)CN(c2cccc3cc(Br)cnc23)C1. The van der Waals surface area contributed by atoms with Crippen molar-refractivity contribution in [1.29, 1.82) is 0 Å². The second kappa shape index (κ2) is 3.70. The number of rotatable bonds is 1. The van der Waals surface area contributed by atoms with Crippen LogP contribution in [0.1, 0.15) is 13.8 Å². The van der Waals surface area contributed by atoms with E-state index in [4.69, 9.17) is 0 Å². The average molecular weight is 291 g/mol. The maximum Gasteiger partial charge on any atom is 0.0936 e. The van der Waals surface area contributed by atoms with Gasteiger partial charge in [0.05, 0.1) is 11.2 Å².